The molecule has 0 bridgehead atoms. The number of carbonyl (C=O) groups is 1. The summed E-state index contributed by atoms with van der Waals surface area (Å²) in [6.07, 6.45) is -0.0424. The molecule has 0 amide bonds. The maximum Gasteiger partial charge on any atom is 0.276 e. The quantitative estimate of drug-likeness (QED) is 0.778. The standard InChI is InChI=1S/C11H9BrN2O3S/c12-8-3-1-2-7(6-8)10-13-14-11(17-10)18-5-4-9(15)16/h1-3,6H,4-5H2,(H,15,16)/p-1. The molecule has 0 saturated heterocycles. The molecule has 94 valence electrons. The van der Waals surface area contributed by atoms with Gasteiger partial charge in [0, 0.05) is 21.8 Å². The number of aromatic nitrogens is 2. The molecule has 2 rings (SSSR count). The molecule has 18 heavy (non-hydrogen) atoms. The fourth-order valence-electron chi connectivity index (χ4n) is 1.23. The van der Waals surface area contributed by atoms with Gasteiger partial charge in [-0.2, -0.15) is 0 Å². The Bertz CT molecular complexity index is 559. The number of thioether (sulfide) groups is 1. The summed E-state index contributed by atoms with van der Waals surface area (Å²) < 4.78 is 6.33. The van der Waals surface area contributed by atoms with Gasteiger partial charge in [-0.1, -0.05) is 33.8 Å². The van der Waals surface area contributed by atoms with Crippen LogP contribution in [0, 0.1) is 0 Å². The van der Waals surface area contributed by atoms with Crippen LogP contribution in [-0.2, 0) is 4.79 Å². The van der Waals surface area contributed by atoms with Gasteiger partial charge in [0.05, 0.1) is 0 Å². The van der Waals surface area contributed by atoms with E-state index in [-0.39, 0.29) is 6.42 Å². The molecule has 0 atom stereocenters. The third-order valence-electron chi connectivity index (χ3n) is 2.01. The molecular formula is C11H8BrN2O3S-. The molecule has 1 aromatic heterocycles. The van der Waals surface area contributed by atoms with Crippen LogP contribution in [0.25, 0.3) is 11.5 Å². The van der Waals surface area contributed by atoms with Crippen molar-refractivity contribution < 1.29 is 14.3 Å². The molecular weight excluding hydrogens is 320 g/mol. The zero-order valence-corrected chi connectivity index (χ0v) is 11.5. The van der Waals surface area contributed by atoms with Gasteiger partial charge >= 0.3 is 0 Å². The van der Waals surface area contributed by atoms with Crippen LogP contribution in [0.15, 0.2) is 38.4 Å². The lowest BCUT2D eigenvalue weighted by Gasteiger charge is -1.98. The van der Waals surface area contributed by atoms with E-state index in [4.69, 9.17) is 4.42 Å². The Morgan fingerprint density at radius 2 is 2.28 bits per heavy atom. The molecule has 0 radical (unpaired) electrons. The maximum atomic E-state index is 10.3. The Kier molecular flexibility index (Phi) is 4.38. The summed E-state index contributed by atoms with van der Waals surface area (Å²) in [5, 5.41) is 18.4. The molecule has 7 heteroatoms. The van der Waals surface area contributed by atoms with Gasteiger partial charge in [-0.25, -0.2) is 0 Å². The van der Waals surface area contributed by atoms with E-state index in [1.807, 2.05) is 24.3 Å². The van der Waals surface area contributed by atoms with Crippen LogP contribution < -0.4 is 5.11 Å². The molecule has 0 aliphatic carbocycles. The van der Waals surface area contributed by atoms with Gasteiger partial charge in [0.25, 0.3) is 5.22 Å². The molecule has 2 aromatic rings. The van der Waals surface area contributed by atoms with Crippen molar-refractivity contribution in [2.45, 2.75) is 11.6 Å². The highest BCUT2D eigenvalue weighted by atomic mass is 79.9. The van der Waals surface area contributed by atoms with Crippen molar-refractivity contribution in [1.82, 2.24) is 10.2 Å². The van der Waals surface area contributed by atoms with Crippen LogP contribution in [0.1, 0.15) is 6.42 Å². The highest BCUT2D eigenvalue weighted by Gasteiger charge is 2.08. The fraction of sp³-hybridized carbons (Fsp3) is 0.182. The molecule has 5 nitrogen and oxygen atoms in total. The Morgan fingerprint density at radius 3 is 3.00 bits per heavy atom. The first-order valence-corrected chi connectivity index (χ1v) is 6.85. The largest absolute Gasteiger partial charge is 0.550 e. The number of hydrogen-bond donors (Lipinski definition) is 0. The van der Waals surface area contributed by atoms with Gasteiger partial charge in [0.2, 0.25) is 5.89 Å². The first kappa shape index (κ1) is 13.1. The molecule has 0 saturated carbocycles. The Morgan fingerprint density at radius 1 is 1.44 bits per heavy atom. The lowest BCUT2D eigenvalue weighted by Crippen LogP contribution is -2.22. The maximum absolute atomic E-state index is 10.3. The lowest BCUT2D eigenvalue weighted by atomic mass is 10.2. The number of nitrogens with zero attached hydrogens (tertiary/aromatic N) is 2. The van der Waals surface area contributed by atoms with Crippen LogP contribution in [0.4, 0.5) is 0 Å². The summed E-state index contributed by atoms with van der Waals surface area (Å²) in [5.41, 5.74) is 0.809. The van der Waals surface area contributed by atoms with E-state index in [0.717, 1.165) is 10.0 Å². The summed E-state index contributed by atoms with van der Waals surface area (Å²) in [6.45, 7) is 0. The van der Waals surface area contributed by atoms with Gasteiger partial charge in [0.1, 0.15) is 0 Å². The van der Waals surface area contributed by atoms with Crippen molar-refractivity contribution >= 4 is 33.7 Å². The topological polar surface area (TPSA) is 79.0 Å². The summed E-state index contributed by atoms with van der Waals surface area (Å²) >= 11 is 4.55. The van der Waals surface area contributed by atoms with Crippen molar-refractivity contribution in [3.05, 3.63) is 28.7 Å². The predicted octanol–water partition coefficient (Wildman–Crippen LogP) is 1.73. The summed E-state index contributed by atoms with van der Waals surface area (Å²) in [4.78, 5) is 10.3. The number of benzene rings is 1. The van der Waals surface area contributed by atoms with E-state index >= 15 is 0 Å². The minimum Gasteiger partial charge on any atom is -0.550 e. The van der Waals surface area contributed by atoms with Crippen LogP contribution in [-0.4, -0.2) is 21.9 Å². The SMILES string of the molecule is O=C([O-])CCSc1nnc(-c2cccc(Br)c2)o1. The first-order chi connectivity index (χ1) is 8.65. The second-order valence-corrected chi connectivity index (χ2v) is 5.32. The van der Waals surface area contributed by atoms with Crippen molar-refractivity contribution in [2.24, 2.45) is 0 Å². The Hall–Kier alpha value is -1.34. The minimum atomic E-state index is -1.09. The normalized spacial score (nSPS) is 10.5. The molecule has 0 aliphatic heterocycles. The first-order valence-electron chi connectivity index (χ1n) is 5.07. The third-order valence-corrected chi connectivity index (χ3v) is 3.32. The Balaban J connectivity index is 2.04. The van der Waals surface area contributed by atoms with Crippen LogP contribution >= 0.6 is 27.7 Å². The van der Waals surface area contributed by atoms with Crippen molar-refractivity contribution in [3.63, 3.8) is 0 Å². The molecule has 0 fully saturated rings. The second-order valence-electron chi connectivity index (χ2n) is 3.35. The average molecular weight is 328 g/mol. The van der Waals surface area contributed by atoms with E-state index < -0.39 is 5.97 Å². The van der Waals surface area contributed by atoms with Crippen molar-refractivity contribution in [1.29, 1.82) is 0 Å². The monoisotopic (exact) mass is 327 g/mol. The van der Waals surface area contributed by atoms with Gasteiger partial charge in [-0.05, 0) is 24.6 Å². The minimum absolute atomic E-state index is 0.0424. The van der Waals surface area contributed by atoms with Crippen molar-refractivity contribution in [3.8, 4) is 11.5 Å². The fourth-order valence-corrected chi connectivity index (χ4v) is 2.31. The van der Waals surface area contributed by atoms with E-state index in [0.29, 0.717) is 16.9 Å². The number of rotatable bonds is 5. The van der Waals surface area contributed by atoms with Gasteiger partial charge in [-0.3, -0.25) is 0 Å². The highest BCUT2D eigenvalue weighted by molar-refractivity contribution is 9.10. The highest BCUT2D eigenvalue weighted by Crippen LogP contribution is 2.25. The summed E-state index contributed by atoms with van der Waals surface area (Å²) in [5.74, 6) is -0.330. The number of carbonyl (C=O) groups excluding carboxylic acids is 1. The molecule has 0 spiro atoms. The van der Waals surface area contributed by atoms with Crippen LogP contribution in [0.5, 0.6) is 0 Å². The summed E-state index contributed by atoms with van der Waals surface area (Å²) in [6, 6.07) is 7.49. The number of carboxylic acid groups (broad SMARTS) is 1. The van der Waals surface area contributed by atoms with Gasteiger partial charge in [-0.15, -0.1) is 10.2 Å². The van der Waals surface area contributed by atoms with Crippen LogP contribution in [0.2, 0.25) is 0 Å². The Labute approximate surface area is 116 Å². The number of hydrogen-bond acceptors (Lipinski definition) is 6. The number of carboxylic acids is 1. The second kappa shape index (κ2) is 6.01. The zero-order chi connectivity index (χ0) is 13.0. The van der Waals surface area contributed by atoms with Crippen LogP contribution in [0.3, 0.4) is 0 Å². The summed E-state index contributed by atoms with van der Waals surface area (Å²) in [7, 11) is 0. The van der Waals surface area contributed by atoms with Gasteiger partial charge in [0.15, 0.2) is 0 Å². The molecule has 1 heterocycles. The molecule has 0 aliphatic rings. The smallest absolute Gasteiger partial charge is 0.276 e. The van der Waals surface area contributed by atoms with Gasteiger partial charge < -0.3 is 14.3 Å². The van der Waals surface area contributed by atoms with E-state index in [2.05, 4.69) is 26.1 Å². The predicted molar refractivity (Wildman–Crippen MR) is 67.8 cm³/mol. The van der Waals surface area contributed by atoms with E-state index in [1.54, 1.807) is 0 Å². The third kappa shape index (κ3) is 3.58. The molecule has 0 N–H and O–H groups in total. The number of halogens is 1. The van der Waals surface area contributed by atoms with Crippen molar-refractivity contribution in [2.75, 3.05) is 5.75 Å². The molecule has 1 aromatic carbocycles. The average Bonchev–Trinajstić information content (AvgIpc) is 2.77. The zero-order valence-electron chi connectivity index (χ0n) is 9.13. The van der Waals surface area contributed by atoms with E-state index in [1.165, 1.54) is 11.8 Å². The number of aliphatic carboxylic acids is 1. The lowest BCUT2D eigenvalue weighted by molar-refractivity contribution is -0.305. The van der Waals surface area contributed by atoms with E-state index in [9.17, 15) is 9.90 Å². The molecule has 0 unspecified atom stereocenters.